The van der Waals surface area contributed by atoms with Crippen molar-refractivity contribution < 1.29 is 14.3 Å². The molecule has 2 amide bonds. The molecule has 2 N–H and O–H groups in total. The molecule has 24 heavy (non-hydrogen) atoms. The molecule has 7 heteroatoms. The fraction of sp³-hybridized carbons (Fsp3) is 0.529. The zero-order valence-corrected chi connectivity index (χ0v) is 14.3. The highest BCUT2D eigenvalue weighted by molar-refractivity contribution is 6.30. The van der Waals surface area contributed by atoms with Gasteiger partial charge >= 0.3 is 0 Å². The molecule has 2 aliphatic rings. The molecule has 3 rings (SSSR count). The summed E-state index contributed by atoms with van der Waals surface area (Å²) in [6.45, 7) is 2.68. The van der Waals surface area contributed by atoms with Crippen LogP contribution in [0.25, 0.3) is 0 Å². The first-order valence-electron chi connectivity index (χ1n) is 8.30. The van der Waals surface area contributed by atoms with Gasteiger partial charge < -0.3 is 20.3 Å². The second-order valence-corrected chi connectivity index (χ2v) is 6.67. The smallest absolute Gasteiger partial charge is 0.267 e. The number of piperidine rings is 1. The van der Waals surface area contributed by atoms with Gasteiger partial charge in [0, 0.05) is 31.0 Å². The van der Waals surface area contributed by atoms with Crippen molar-refractivity contribution in [2.24, 2.45) is 0 Å². The molecule has 2 fully saturated rings. The van der Waals surface area contributed by atoms with Crippen molar-refractivity contribution in [1.82, 2.24) is 15.5 Å². The molecule has 0 atom stereocenters. The number of ether oxygens (including phenoxy) is 1. The van der Waals surface area contributed by atoms with Gasteiger partial charge in [0.25, 0.3) is 5.91 Å². The van der Waals surface area contributed by atoms with Gasteiger partial charge in [-0.3, -0.25) is 9.59 Å². The zero-order valence-electron chi connectivity index (χ0n) is 13.5. The minimum absolute atomic E-state index is 0.0952. The fourth-order valence-electron chi connectivity index (χ4n) is 3.19. The molecule has 0 aliphatic carbocycles. The maximum Gasteiger partial charge on any atom is 0.267 e. The number of benzene rings is 1. The fourth-order valence-corrected chi connectivity index (χ4v) is 3.31. The molecule has 1 aromatic carbocycles. The highest BCUT2D eigenvalue weighted by Crippen LogP contribution is 2.29. The Morgan fingerprint density at radius 1 is 1.17 bits per heavy atom. The number of carbonyl (C=O) groups excluding carboxylic acids is 2. The van der Waals surface area contributed by atoms with E-state index in [4.69, 9.17) is 16.3 Å². The van der Waals surface area contributed by atoms with E-state index in [1.165, 1.54) is 0 Å². The summed E-state index contributed by atoms with van der Waals surface area (Å²) in [4.78, 5) is 26.6. The lowest BCUT2D eigenvalue weighted by Crippen LogP contribution is -2.58. The predicted octanol–water partition coefficient (Wildman–Crippen LogP) is 1.19. The largest absolute Gasteiger partial charge is 0.477 e. The van der Waals surface area contributed by atoms with Crippen LogP contribution in [0.15, 0.2) is 24.3 Å². The third-order valence-electron chi connectivity index (χ3n) is 4.48. The van der Waals surface area contributed by atoms with Gasteiger partial charge in [0.1, 0.15) is 5.75 Å². The van der Waals surface area contributed by atoms with Gasteiger partial charge in [0.15, 0.2) is 5.60 Å². The second kappa shape index (κ2) is 7.40. The maximum atomic E-state index is 13.2. The number of nitrogens with one attached hydrogen (secondary N) is 2. The van der Waals surface area contributed by atoms with Crippen molar-refractivity contribution in [3.8, 4) is 5.75 Å². The van der Waals surface area contributed by atoms with Crippen LogP contribution in [-0.2, 0) is 9.59 Å². The molecule has 2 aliphatic heterocycles. The van der Waals surface area contributed by atoms with Crippen LogP contribution in [0.1, 0.15) is 19.3 Å². The van der Waals surface area contributed by atoms with Crippen molar-refractivity contribution in [3.05, 3.63) is 29.3 Å². The molecular formula is C17H22ClN3O3. The number of hydrogen-bond acceptors (Lipinski definition) is 4. The van der Waals surface area contributed by atoms with Crippen LogP contribution < -0.4 is 15.4 Å². The minimum Gasteiger partial charge on any atom is -0.477 e. The first-order chi connectivity index (χ1) is 11.6. The first-order valence-corrected chi connectivity index (χ1v) is 8.68. The summed E-state index contributed by atoms with van der Waals surface area (Å²) in [5, 5.41) is 6.68. The minimum atomic E-state index is -0.927. The standard InChI is InChI=1S/C17H22ClN3O3/c18-13-2-4-14(5-3-13)24-17(6-9-19-10-7-17)16(23)21-11-1-8-20-15(22)12-21/h2-5,19H,1,6-12H2,(H,20,22). The normalized spacial score (nSPS) is 20.9. The summed E-state index contributed by atoms with van der Waals surface area (Å²) in [6.07, 6.45) is 1.91. The molecule has 0 saturated carbocycles. The van der Waals surface area contributed by atoms with Crippen LogP contribution in [0.2, 0.25) is 5.02 Å². The molecule has 0 bridgehead atoms. The van der Waals surface area contributed by atoms with E-state index in [1.807, 2.05) is 0 Å². The van der Waals surface area contributed by atoms with Gasteiger partial charge in [0.05, 0.1) is 6.54 Å². The number of carbonyl (C=O) groups is 2. The van der Waals surface area contributed by atoms with Crippen LogP contribution in [0.3, 0.4) is 0 Å². The Balaban J connectivity index is 1.82. The molecule has 1 aromatic rings. The van der Waals surface area contributed by atoms with Crippen molar-refractivity contribution in [1.29, 1.82) is 0 Å². The molecule has 0 spiro atoms. The van der Waals surface area contributed by atoms with Gasteiger partial charge in [-0.25, -0.2) is 0 Å². The van der Waals surface area contributed by atoms with Crippen LogP contribution in [0.4, 0.5) is 0 Å². The van der Waals surface area contributed by atoms with E-state index in [0.717, 1.165) is 6.42 Å². The van der Waals surface area contributed by atoms with Crippen LogP contribution >= 0.6 is 11.6 Å². The third kappa shape index (κ3) is 3.82. The van der Waals surface area contributed by atoms with Gasteiger partial charge in [-0.1, -0.05) is 11.6 Å². The molecular weight excluding hydrogens is 330 g/mol. The SMILES string of the molecule is O=C1CN(C(=O)C2(Oc3ccc(Cl)cc3)CCNCC2)CCCN1. The van der Waals surface area contributed by atoms with Crippen LogP contribution in [-0.4, -0.2) is 55.0 Å². The van der Waals surface area contributed by atoms with Gasteiger partial charge in [-0.15, -0.1) is 0 Å². The quantitative estimate of drug-likeness (QED) is 0.858. The van der Waals surface area contributed by atoms with Gasteiger partial charge in [-0.2, -0.15) is 0 Å². The Bertz CT molecular complexity index is 600. The number of amides is 2. The Hall–Kier alpha value is -1.79. The molecule has 0 radical (unpaired) electrons. The summed E-state index contributed by atoms with van der Waals surface area (Å²) < 4.78 is 6.17. The lowest BCUT2D eigenvalue weighted by molar-refractivity contribution is -0.152. The molecule has 6 nitrogen and oxygen atoms in total. The lowest BCUT2D eigenvalue weighted by atomic mass is 9.90. The third-order valence-corrected chi connectivity index (χ3v) is 4.73. The van der Waals surface area contributed by atoms with Crippen molar-refractivity contribution in [2.45, 2.75) is 24.9 Å². The lowest BCUT2D eigenvalue weighted by Gasteiger charge is -2.39. The second-order valence-electron chi connectivity index (χ2n) is 6.23. The average molecular weight is 352 g/mol. The molecule has 0 unspecified atom stereocenters. The summed E-state index contributed by atoms with van der Waals surface area (Å²) >= 11 is 5.92. The molecule has 2 heterocycles. The Morgan fingerprint density at radius 2 is 1.88 bits per heavy atom. The van der Waals surface area contributed by atoms with Crippen LogP contribution in [0.5, 0.6) is 5.75 Å². The summed E-state index contributed by atoms with van der Waals surface area (Å²) in [7, 11) is 0. The first kappa shape index (κ1) is 17.0. The highest BCUT2D eigenvalue weighted by atomic mass is 35.5. The average Bonchev–Trinajstić information content (AvgIpc) is 2.81. The van der Waals surface area contributed by atoms with E-state index in [-0.39, 0.29) is 18.4 Å². The summed E-state index contributed by atoms with van der Waals surface area (Å²) in [6, 6.07) is 7.04. The van der Waals surface area contributed by atoms with Crippen molar-refractivity contribution >= 4 is 23.4 Å². The number of nitrogens with zero attached hydrogens (tertiary/aromatic N) is 1. The van der Waals surface area contributed by atoms with E-state index in [1.54, 1.807) is 29.2 Å². The highest BCUT2D eigenvalue weighted by Gasteiger charge is 2.45. The summed E-state index contributed by atoms with van der Waals surface area (Å²) in [5.74, 6) is 0.404. The molecule has 130 valence electrons. The molecule has 0 aromatic heterocycles. The molecule has 2 saturated heterocycles. The number of halogens is 1. The van der Waals surface area contributed by atoms with E-state index in [0.29, 0.717) is 49.8 Å². The number of rotatable bonds is 3. The predicted molar refractivity (Wildman–Crippen MR) is 91.1 cm³/mol. The summed E-state index contributed by atoms with van der Waals surface area (Å²) in [5.41, 5.74) is -0.927. The monoisotopic (exact) mass is 351 g/mol. The Morgan fingerprint density at radius 3 is 2.58 bits per heavy atom. The van der Waals surface area contributed by atoms with E-state index in [9.17, 15) is 9.59 Å². The van der Waals surface area contributed by atoms with Crippen molar-refractivity contribution in [2.75, 3.05) is 32.7 Å². The van der Waals surface area contributed by atoms with E-state index >= 15 is 0 Å². The Kier molecular flexibility index (Phi) is 5.26. The van der Waals surface area contributed by atoms with Gasteiger partial charge in [-0.05, 0) is 43.8 Å². The van der Waals surface area contributed by atoms with E-state index in [2.05, 4.69) is 10.6 Å². The van der Waals surface area contributed by atoms with E-state index < -0.39 is 5.60 Å². The maximum absolute atomic E-state index is 13.2. The zero-order chi connectivity index (χ0) is 17.0. The topological polar surface area (TPSA) is 70.7 Å². The van der Waals surface area contributed by atoms with Crippen molar-refractivity contribution in [3.63, 3.8) is 0 Å². The van der Waals surface area contributed by atoms with Crippen LogP contribution in [0, 0.1) is 0 Å². The number of hydrogen-bond donors (Lipinski definition) is 2. The van der Waals surface area contributed by atoms with Gasteiger partial charge in [0.2, 0.25) is 5.91 Å². The Labute approximate surface area is 146 Å².